The number of hydrogen-bond acceptors (Lipinski definition) is 2. The number of halogens is 1. The normalized spacial score (nSPS) is 23.8. The minimum atomic E-state index is 0.480. The van der Waals surface area contributed by atoms with Gasteiger partial charge in [-0.3, -0.25) is 4.68 Å². The van der Waals surface area contributed by atoms with Crippen LogP contribution < -0.4 is 5.32 Å². The van der Waals surface area contributed by atoms with Gasteiger partial charge in [0.1, 0.15) is 0 Å². The molecule has 1 fully saturated rings. The van der Waals surface area contributed by atoms with E-state index in [-0.39, 0.29) is 0 Å². The smallest absolute Gasteiger partial charge is 0.0847 e. The third kappa shape index (κ3) is 2.36. The molecule has 0 saturated heterocycles. The molecule has 0 spiro atoms. The maximum absolute atomic E-state index is 6.30. The SMILES string of the molecule is CNC(Cc1c(Cl)c(C)nn1C)C1CC1(C)C. The van der Waals surface area contributed by atoms with Gasteiger partial charge in [-0.25, -0.2) is 0 Å². The molecule has 96 valence electrons. The van der Waals surface area contributed by atoms with Crippen molar-refractivity contribution in [1.29, 1.82) is 0 Å². The van der Waals surface area contributed by atoms with Crippen LogP contribution in [0.5, 0.6) is 0 Å². The van der Waals surface area contributed by atoms with E-state index in [9.17, 15) is 0 Å². The van der Waals surface area contributed by atoms with Crippen LogP contribution in [0, 0.1) is 18.3 Å². The first kappa shape index (κ1) is 12.9. The zero-order valence-electron chi connectivity index (χ0n) is 11.3. The fourth-order valence-electron chi connectivity index (χ4n) is 2.75. The van der Waals surface area contributed by atoms with Crippen LogP contribution in [-0.4, -0.2) is 22.9 Å². The molecule has 2 unspecified atom stereocenters. The minimum absolute atomic E-state index is 0.480. The second-order valence-corrected chi connectivity index (χ2v) is 6.25. The molecule has 1 saturated carbocycles. The lowest BCUT2D eigenvalue weighted by Crippen LogP contribution is -2.32. The average Bonchev–Trinajstić information content (AvgIpc) is 2.80. The van der Waals surface area contributed by atoms with Gasteiger partial charge in [0, 0.05) is 19.5 Å². The quantitative estimate of drug-likeness (QED) is 0.896. The summed E-state index contributed by atoms with van der Waals surface area (Å²) >= 11 is 6.30. The molecule has 0 radical (unpaired) electrons. The van der Waals surface area contributed by atoms with Crippen molar-refractivity contribution >= 4 is 11.6 Å². The van der Waals surface area contributed by atoms with E-state index in [0.29, 0.717) is 11.5 Å². The predicted octanol–water partition coefficient (Wildman–Crippen LogP) is 2.56. The van der Waals surface area contributed by atoms with Crippen LogP contribution in [-0.2, 0) is 13.5 Å². The number of nitrogens with one attached hydrogen (secondary N) is 1. The van der Waals surface area contributed by atoms with Crippen molar-refractivity contribution in [1.82, 2.24) is 15.1 Å². The van der Waals surface area contributed by atoms with E-state index in [0.717, 1.165) is 28.7 Å². The average molecular weight is 256 g/mol. The summed E-state index contributed by atoms with van der Waals surface area (Å²) in [5.74, 6) is 0.749. The molecule has 3 nitrogen and oxygen atoms in total. The Balaban J connectivity index is 2.14. The summed E-state index contributed by atoms with van der Waals surface area (Å²) in [5, 5.41) is 8.63. The molecule has 1 aromatic heterocycles. The Bertz CT molecular complexity index is 423. The molecule has 1 aliphatic rings. The third-order valence-corrected chi connectivity index (χ3v) is 4.61. The first-order valence-corrected chi connectivity index (χ1v) is 6.60. The van der Waals surface area contributed by atoms with E-state index >= 15 is 0 Å². The van der Waals surface area contributed by atoms with Crippen molar-refractivity contribution < 1.29 is 0 Å². The third-order valence-electron chi connectivity index (χ3n) is 4.12. The maximum atomic E-state index is 6.30. The fraction of sp³-hybridized carbons (Fsp3) is 0.769. The van der Waals surface area contributed by atoms with Crippen molar-refractivity contribution in [3.05, 3.63) is 16.4 Å². The zero-order chi connectivity index (χ0) is 12.8. The highest BCUT2D eigenvalue weighted by Crippen LogP contribution is 2.54. The van der Waals surface area contributed by atoms with Gasteiger partial charge in [0.25, 0.3) is 0 Å². The van der Waals surface area contributed by atoms with Crippen LogP contribution in [0.3, 0.4) is 0 Å². The van der Waals surface area contributed by atoms with Crippen molar-refractivity contribution in [3.63, 3.8) is 0 Å². The molecule has 1 heterocycles. The Hall–Kier alpha value is -0.540. The Morgan fingerprint density at radius 2 is 2.18 bits per heavy atom. The summed E-state index contributed by atoms with van der Waals surface area (Å²) in [5.41, 5.74) is 2.55. The molecular formula is C13H22ClN3. The van der Waals surface area contributed by atoms with Crippen molar-refractivity contribution in [3.8, 4) is 0 Å². The number of nitrogens with zero attached hydrogens (tertiary/aromatic N) is 2. The predicted molar refractivity (Wildman–Crippen MR) is 71.4 cm³/mol. The van der Waals surface area contributed by atoms with E-state index in [1.165, 1.54) is 6.42 Å². The van der Waals surface area contributed by atoms with Gasteiger partial charge in [-0.05, 0) is 31.7 Å². The Morgan fingerprint density at radius 3 is 2.53 bits per heavy atom. The number of likely N-dealkylation sites (N-methyl/N-ethyl adjacent to an activating group) is 1. The van der Waals surface area contributed by atoms with Gasteiger partial charge in [-0.2, -0.15) is 5.10 Å². The van der Waals surface area contributed by atoms with Crippen LogP contribution >= 0.6 is 11.6 Å². The first-order chi connectivity index (χ1) is 7.86. The van der Waals surface area contributed by atoms with E-state index < -0.39 is 0 Å². The van der Waals surface area contributed by atoms with Gasteiger partial charge in [-0.1, -0.05) is 25.4 Å². The highest BCUT2D eigenvalue weighted by atomic mass is 35.5. The van der Waals surface area contributed by atoms with Gasteiger partial charge in [0.15, 0.2) is 0 Å². The van der Waals surface area contributed by atoms with Gasteiger partial charge in [0.05, 0.1) is 16.4 Å². The van der Waals surface area contributed by atoms with Crippen LogP contribution in [0.1, 0.15) is 31.7 Å². The molecule has 0 aliphatic heterocycles. The van der Waals surface area contributed by atoms with Gasteiger partial charge in [0.2, 0.25) is 0 Å². The van der Waals surface area contributed by atoms with Crippen molar-refractivity contribution in [2.75, 3.05) is 7.05 Å². The van der Waals surface area contributed by atoms with Crippen LogP contribution in [0.4, 0.5) is 0 Å². The molecule has 4 heteroatoms. The molecule has 2 atom stereocenters. The second-order valence-electron chi connectivity index (χ2n) is 5.87. The summed E-state index contributed by atoms with van der Waals surface area (Å²) in [6, 6.07) is 0.498. The topological polar surface area (TPSA) is 29.9 Å². The number of aromatic nitrogens is 2. The lowest BCUT2D eigenvalue weighted by atomic mass is 10.00. The minimum Gasteiger partial charge on any atom is -0.316 e. The van der Waals surface area contributed by atoms with Gasteiger partial charge >= 0.3 is 0 Å². The Kier molecular flexibility index (Phi) is 3.25. The summed E-state index contributed by atoms with van der Waals surface area (Å²) in [7, 11) is 4.01. The van der Waals surface area contributed by atoms with Crippen molar-refractivity contribution in [2.45, 2.75) is 39.7 Å². The lowest BCUT2D eigenvalue weighted by molar-refractivity contribution is 0.418. The van der Waals surface area contributed by atoms with Gasteiger partial charge in [-0.15, -0.1) is 0 Å². The Labute approximate surface area is 109 Å². The molecule has 0 aromatic carbocycles. The summed E-state index contributed by atoms with van der Waals surface area (Å²) in [4.78, 5) is 0. The number of hydrogen-bond donors (Lipinski definition) is 1. The monoisotopic (exact) mass is 255 g/mol. The molecule has 17 heavy (non-hydrogen) atoms. The van der Waals surface area contributed by atoms with Crippen LogP contribution in [0.2, 0.25) is 5.02 Å². The molecule has 2 rings (SSSR count). The summed E-state index contributed by atoms with van der Waals surface area (Å²) in [6.07, 6.45) is 2.26. The van der Waals surface area contributed by atoms with Gasteiger partial charge < -0.3 is 5.32 Å². The highest BCUT2D eigenvalue weighted by molar-refractivity contribution is 6.31. The summed E-state index contributed by atoms with van der Waals surface area (Å²) in [6.45, 7) is 6.62. The summed E-state index contributed by atoms with van der Waals surface area (Å²) < 4.78 is 1.91. The number of aryl methyl sites for hydroxylation is 2. The molecular weight excluding hydrogens is 234 g/mol. The zero-order valence-corrected chi connectivity index (χ0v) is 12.1. The van der Waals surface area contributed by atoms with Crippen molar-refractivity contribution in [2.24, 2.45) is 18.4 Å². The van der Waals surface area contributed by atoms with E-state index in [4.69, 9.17) is 11.6 Å². The molecule has 0 bridgehead atoms. The molecule has 1 N–H and O–H groups in total. The molecule has 0 amide bonds. The fourth-order valence-corrected chi connectivity index (χ4v) is 2.99. The van der Waals surface area contributed by atoms with E-state index in [1.54, 1.807) is 0 Å². The second kappa shape index (κ2) is 4.29. The number of rotatable bonds is 4. The Morgan fingerprint density at radius 1 is 1.59 bits per heavy atom. The first-order valence-electron chi connectivity index (χ1n) is 6.22. The lowest BCUT2D eigenvalue weighted by Gasteiger charge is -2.18. The van der Waals surface area contributed by atoms with Crippen LogP contribution in [0.15, 0.2) is 0 Å². The molecule has 1 aromatic rings. The highest BCUT2D eigenvalue weighted by Gasteiger charge is 2.49. The van der Waals surface area contributed by atoms with E-state index in [1.807, 2.05) is 25.7 Å². The molecule has 1 aliphatic carbocycles. The standard InChI is InChI=1S/C13H22ClN3/c1-8-12(14)11(17(5)16-8)6-10(15-4)9-7-13(9,2)3/h9-10,15H,6-7H2,1-5H3. The van der Waals surface area contributed by atoms with E-state index in [2.05, 4.69) is 24.3 Å². The van der Waals surface area contributed by atoms with Crippen LogP contribution in [0.25, 0.3) is 0 Å². The largest absolute Gasteiger partial charge is 0.316 e. The maximum Gasteiger partial charge on any atom is 0.0847 e.